The minimum atomic E-state index is -0.276. The fourth-order valence-corrected chi connectivity index (χ4v) is 3.55. The van der Waals surface area contributed by atoms with Crippen LogP contribution in [0.1, 0.15) is 36.9 Å². The second-order valence-electron chi connectivity index (χ2n) is 6.35. The fraction of sp³-hybridized carbons (Fsp3) is 0.389. The molecule has 7 heteroatoms. The van der Waals surface area contributed by atoms with Crippen molar-refractivity contribution < 1.29 is 14.0 Å². The van der Waals surface area contributed by atoms with Gasteiger partial charge in [0.1, 0.15) is 18.3 Å². The summed E-state index contributed by atoms with van der Waals surface area (Å²) in [5.41, 5.74) is 0.864. The number of hydrogen-bond donors (Lipinski definition) is 0. The van der Waals surface area contributed by atoms with E-state index < -0.39 is 0 Å². The Morgan fingerprint density at radius 3 is 2.80 bits per heavy atom. The molecule has 1 aliphatic heterocycles. The number of amides is 2. The molecule has 0 N–H and O–H groups in total. The number of hydrogen-bond acceptors (Lipinski definition) is 5. The quantitative estimate of drug-likeness (QED) is 0.824. The molecular weight excluding hydrogens is 338 g/mol. The SMILES string of the molecule is CC(C)C(=O)N(C)CC(=O)N1N=C(c2cccs2)C[C@@H]1c1ccco1. The molecule has 0 fully saturated rings. The minimum Gasteiger partial charge on any atom is -0.467 e. The number of nitrogens with zero attached hydrogens (tertiary/aromatic N) is 3. The maximum absolute atomic E-state index is 12.8. The van der Waals surface area contributed by atoms with Gasteiger partial charge in [-0.15, -0.1) is 11.3 Å². The number of thiophene rings is 1. The van der Waals surface area contributed by atoms with Gasteiger partial charge in [-0.25, -0.2) is 5.01 Å². The standard InChI is InChI=1S/C18H21N3O3S/c1-12(2)18(23)20(3)11-17(22)21-14(15-6-4-8-24-15)10-13(19-21)16-7-5-9-25-16/h4-9,12,14H,10-11H2,1-3H3/t14-/m1/s1. The van der Waals surface area contributed by atoms with Crippen molar-refractivity contribution >= 4 is 28.9 Å². The first-order valence-electron chi connectivity index (χ1n) is 8.19. The molecular formula is C18H21N3O3S. The van der Waals surface area contributed by atoms with E-state index >= 15 is 0 Å². The molecule has 2 aromatic rings. The molecule has 0 aromatic carbocycles. The van der Waals surface area contributed by atoms with Gasteiger partial charge in [-0.2, -0.15) is 5.10 Å². The highest BCUT2D eigenvalue weighted by molar-refractivity contribution is 7.12. The first-order valence-corrected chi connectivity index (χ1v) is 9.07. The molecule has 3 heterocycles. The van der Waals surface area contributed by atoms with Crippen LogP contribution < -0.4 is 0 Å². The van der Waals surface area contributed by atoms with Crippen LogP contribution in [0.3, 0.4) is 0 Å². The van der Waals surface area contributed by atoms with Crippen molar-refractivity contribution in [3.8, 4) is 0 Å². The van der Waals surface area contributed by atoms with E-state index in [4.69, 9.17) is 4.42 Å². The Balaban J connectivity index is 1.82. The van der Waals surface area contributed by atoms with Crippen LogP contribution >= 0.6 is 11.3 Å². The van der Waals surface area contributed by atoms with Gasteiger partial charge in [0.25, 0.3) is 5.91 Å². The number of carbonyl (C=O) groups is 2. The molecule has 1 aliphatic rings. The number of rotatable bonds is 5. The Labute approximate surface area is 150 Å². The van der Waals surface area contributed by atoms with Gasteiger partial charge in [-0.1, -0.05) is 19.9 Å². The van der Waals surface area contributed by atoms with Gasteiger partial charge >= 0.3 is 0 Å². The molecule has 0 unspecified atom stereocenters. The van der Waals surface area contributed by atoms with Crippen molar-refractivity contribution in [3.05, 3.63) is 46.5 Å². The number of carbonyl (C=O) groups excluding carboxylic acids is 2. The largest absolute Gasteiger partial charge is 0.467 e. The van der Waals surface area contributed by atoms with Crippen LogP contribution in [0, 0.1) is 5.92 Å². The van der Waals surface area contributed by atoms with Crippen molar-refractivity contribution in [2.45, 2.75) is 26.3 Å². The van der Waals surface area contributed by atoms with Gasteiger partial charge < -0.3 is 9.32 Å². The van der Waals surface area contributed by atoms with Crippen molar-refractivity contribution in [1.29, 1.82) is 0 Å². The zero-order valence-electron chi connectivity index (χ0n) is 14.5. The van der Waals surface area contributed by atoms with Gasteiger partial charge in [0.05, 0.1) is 16.9 Å². The highest BCUT2D eigenvalue weighted by Gasteiger charge is 2.35. The Morgan fingerprint density at radius 1 is 1.40 bits per heavy atom. The molecule has 0 aliphatic carbocycles. The third-order valence-electron chi connectivity index (χ3n) is 4.09. The van der Waals surface area contributed by atoms with Crippen molar-refractivity contribution in [1.82, 2.24) is 9.91 Å². The maximum atomic E-state index is 12.8. The molecule has 3 rings (SSSR count). The maximum Gasteiger partial charge on any atom is 0.262 e. The topological polar surface area (TPSA) is 66.1 Å². The van der Waals surface area contributed by atoms with Crippen LogP contribution in [0.4, 0.5) is 0 Å². The summed E-state index contributed by atoms with van der Waals surface area (Å²) in [6.45, 7) is 3.63. The Morgan fingerprint density at radius 2 is 2.20 bits per heavy atom. The molecule has 1 atom stereocenters. The predicted molar refractivity (Wildman–Crippen MR) is 96.2 cm³/mol. The van der Waals surface area contributed by atoms with E-state index in [2.05, 4.69) is 5.10 Å². The van der Waals surface area contributed by atoms with E-state index in [9.17, 15) is 9.59 Å². The van der Waals surface area contributed by atoms with Crippen LogP contribution in [0.15, 0.2) is 45.4 Å². The third-order valence-corrected chi connectivity index (χ3v) is 5.00. The van der Waals surface area contributed by atoms with E-state index in [0.29, 0.717) is 12.2 Å². The first-order chi connectivity index (χ1) is 12.0. The van der Waals surface area contributed by atoms with E-state index in [0.717, 1.165) is 10.6 Å². The smallest absolute Gasteiger partial charge is 0.262 e. The lowest BCUT2D eigenvalue weighted by Gasteiger charge is -2.24. The van der Waals surface area contributed by atoms with Gasteiger partial charge in [0.2, 0.25) is 5.91 Å². The highest BCUT2D eigenvalue weighted by atomic mass is 32.1. The molecule has 0 saturated heterocycles. The summed E-state index contributed by atoms with van der Waals surface area (Å²) >= 11 is 1.59. The summed E-state index contributed by atoms with van der Waals surface area (Å²) in [4.78, 5) is 27.3. The average molecular weight is 359 g/mol. The lowest BCUT2D eigenvalue weighted by molar-refractivity contribution is -0.142. The third kappa shape index (κ3) is 3.66. The number of likely N-dealkylation sites (N-methyl/N-ethyl adjacent to an activating group) is 1. The second kappa shape index (κ2) is 7.23. The monoisotopic (exact) mass is 359 g/mol. The summed E-state index contributed by atoms with van der Waals surface area (Å²) in [6, 6.07) is 7.33. The summed E-state index contributed by atoms with van der Waals surface area (Å²) < 4.78 is 5.51. The fourth-order valence-electron chi connectivity index (χ4n) is 2.83. The van der Waals surface area contributed by atoms with Crippen molar-refractivity contribution in [2.75, 3.05) is 13.6 Å². The predicted octanol–water partition coefficient (Wildman–Crippen LogP) is 3.13. The van der Waals surface area contributed by atoms with Crippen LogP contribution in [-0.2, 0) is 9.59 Å². The summed E-state index contributed by atoms with van der Waals surface area (Å²) in [6.07, 6.45) is 2.19. The van der Waals surface area contributed by atoms with E-state index in [1.807, 2.05) is 37.4 Å². The highest BCUT2D eigenvalue weighted by Crippen LogP contribution is 2.34. The molecule has 0 saturated carbocycles. The first kappa shape index (κ1) is 17.4. The lowest BCUT2D eigenvalue weighted by Crippen LogP contribution is -2.40. The summed E-state index contributed by atoms with van der Waals surface area (Å²) in [7, 11) is 1.64. The molecule has 0 radical (unpaired) electrons. The summed E-state index contributed by atoms with van der Waals surface area (Å²) in [5, 5.41) is 7.98. The molecule has 6 nitrogen and oxygen atoms in total. The van der Waals surface area contributed by atoms with E-state index in [-0.39, 0.29) is 30.3 Å². The van der Waals surface area contributed by atoms with E-state index in [1.54, 1.807) is 30.7 Å². The van der Waals surface area contributed by atoms with Crippen LogP contribution in [0.25, 0.3) is 0 Å². The van der Waals surface area contributed by atoms with Gasteiger partial charge in [-0.3, -0.25) is 9.59 Å². The Bertz CT molecular complexity index is 766. The number of hydrazone groups is 1. The van der Waals surface area contributed by atoms with Crippen molar-refractivity contribution in [2.24, 2.45) is 11.0 Å². The zero-order chi connectivity index (χ0) is 18.0. The van der Waals surface area contributed by atoms with Crippen LogP contribution in [0.5, 0.6) is 0 Å². The lowest BCUT2D eigenvalue weighted by atomic mass is 10.1. The van der Waals surface area contributed by atoms with Crippen molar-refractivity contribution in [3.63, 3.8) is 0 Å². The van der Waals surface area contributed by atoms with Crippen LogP contribution in [0.2, 0.25) is 0 Å². The minimum absolute atomic E-state index is 0.00452. The Hall–Kier alpha value is -2.41. The molecule has 0 spiro atoms. The van der Waals surface area contributed by atoms with Gasteiger partial charge in [0.15, 0.2) is 0 Å². The molecule has 25 heavy (non-hydrogen) atoms. The van der Waals surface area contributed by atoms with E-state index in [1.165, 1.54) is 9.91 Å². The molecule has 2 amide bonds. The van der Waals surface area contributed by atoms with Gasteiger partial charge in [0, 0.05) is 19.4 Å². The summed E-state index contributed by atoms with van der Waals surface area (Å²) in [5.74, 6) is 0.262. The van der Waals surface area contributed by atoms with Gasteiger partial charge in [-0.05, 0) is 23.6 Å². The second-order valence-corrected chi connectivity index (χ2v) is 7.29. The molecule has 132 valence electrons. The van der Waals surface area contributed by atoms with Crippen LogP contribution in [-0.4, -0.2) is 41.0 Å². The Kier molecular flexibility index (Phi) is 5.03. The zero-order valence-corrected chi connectivity index (χ0v) is 15.3. The molecule has 0 bridgehead atoms. The molecule has 2 aromatic heterocycles. The normalized spacial score (nSPS) is 17.0. The average Bonchev–Trinajstić information content (AvgIpc) is 3.32. The number of furan rings is 1.